The van der Waals surface area contributed by atoms with Crippen molar-refractivity contribution in [2.45, 2.75) is 92.1 Å². The third-order valence-corrected chi connectivity index (χ3v) is 10.3. The van der Waals surface area contributed by atoms with E-state index >= 15 is 0 Å². The molecule has 41 heavy (non-hydrogen) atoms. The summed E-state index contributed by atoms with van der Waals surface area (Å²) >= 11 is 0. The summed E-state index contributed by atoms with van der Waals surface area (Å²) in [6, 6.07) is 4.81. The third kappa shape index (κ3) is 3.89. The Hall–Kier alpha value is -3.26. The number of aromatic hydroxyl groups is 1. The normalized spacial score (nSPS) is 33.0. The smallest absolute Gasteiger partial charge is 0.209 e. The van der Waals surface area contributed by atoms with Crippen LogP contribution in [0.15, 0.2) is 40.9 Å². The van der Waals surface area contributed by atoms with E-state index in [0.717, 1.165) is 26.2 Å². The fourth-order valence-corrected chi connectivity index (χ4v) is 8.70. The summed E-state index contributed by atoms with van der Waals surface area (Å²) in [5, 5.41) is 47.0. The summed E-state index contributed by atoms with van der Waals surface area (Å²) < 4.78 is 0. The summed E-state index contributed by atoms with van der Waals surface area (Å²) in [5.74, 6) is -7.41. The van der Waals surface area contributed by atoms with E-state index in [2.05, 4.69) is 6.92 Å². The maximum atomic E-state index is 14.3. The maximum Gasteiger partial charge on any atom is 0.209 e. The molecule has 8 nitrogen and oxygen atoms in total. The van der Waals surface area contributed by atoms with E-state index in [4.69, 9.17) is 0 Å². The van der Waals surface area contributed by atoms with Gasteiger partial charge in [-0.25, -0.2) is 0 Å². The van der Waals surface area contributed by atoms with Crippen molar-refractivity contribution in [3.63, 3.8) is 0 Å². The summed E-state index contributed by atoms with van der Waals surface area (Å²) in [7, 11) is 0. The van der Waals surface area contributed by atoms with Crippen LogP contribution in [0.2, 0.25) is 0 Å². The highest BCUT2D eigenvalue weighted by Crippen LogP contribution is 2.71. The predicted octanol–water partition coefficient (Wildman–Crippen LogP) is 5.67. The van der Waals surface area contributed by atoms with E-state index in [9.17, 15) is 39.6 Å². The maximum absolute atomic E-state index is 14.3. The van der Waals surface area contributed by atoms with Crippen molar-refractivity contribution in [3.8, 4) is 5.75 Å². The second-order valence-corrected chi connectivity index (χ2v) is 12.9. The molecule has 1 aromatic carbocycles. The van der Waals surface area contributed by atoms with Crippen molar-refractivity contribution >= 4 is 23.1 Å². The van der Waals surface area contributed by atoms with Crippen molar-refractivity contribution in [3.05, 3.63) is 52.0 Å². The van der Waals surface area contributed by atoms with Gasteiger partial charge in [-0.3, -0.25) is 14.4 Å². The number of hydrogen-bond acceptors (Lipinski definition) is 8. The largest absolute Gasteiger partial charge is 0.511 e. The van der Waals surface area contributed by atoms with Crippen LogP contribution in [0, 0.1) is 28.6 Å². The van der Waals surface area contributed by atoms with Crippen molar-refractivity contribution in [1.29, 1.82) is 0 Å². The number of unbranched alkanes of at least 4 members (excludes halogenated alkanes) is 2. The number of hydrogen-bond donors (Lipinski definition) is 4. The van der Waals surface area contributed by atoms with Crippen LogP contribution in [0.4, 0.5) is 0 Å². The van der Waals surface area contributed by atoms with Gasteiger partial charge in [0.05, 0.1) is 5.56 Å². The summed E-state index contributed by atoms with van der Waals surface area (Å²) in [5.41, 5.74) is -6.01. The monoisotopic (exact) mass is 566 g/mol. The van der Waals surface area contributed by atoms with Crippen LogP contribution < -0.4 is 0 Å². The number of Topliss-reactive ketones (excluding diaryl/α,β-unsaturated/α-hetero) is 4. The molecule has 0 saturated heterocycles. The second-order valence-electron chi connectivity index (χ2n) is 12.9. The molecule has 222 valence electrons. The van der Waals surface area contributed by atoms with Crippen LogP contribution in [-0.2, 0) is 14.4 Å². The fraction of sp³-hybridized carbons (Fsp3) is 0.576. The van der Waals surface area contributed by atoms with Gasteiger partial charge in [0.25, 0.3) is 0 Å². The zero-order chi connectivity index (χ0) is 30.8. The number of aliphatic hydroxyl groups is 3. The van der Waals surface area contributed by atoms with Crippen LogP contribution in [0.3, 0.4) is 0 Å². The molecular weight excluding hydrogens is 524 g/mol. The molecule has 0 bridgehead atoms. The van der Waals surface area contributed by atoms with Gasteiger partial charge in [0, 0.05) is 28.7 Å². The highest BCUT2D eigenvalue weighted by molar-refractivity contribution is 6.25. The molecule has 6 atom stereocenters. The Bertz CT molecular complexity index is 1400. The lowest BCUT2D eigenvalue weighted by atomic mass is 9.37. The minimum absolute atomic E-state index is 0.00403. The van der Waals surface area contributed by atoms with E-state index in [1.165, 1.54) is 13.0 Å². The molecule has 3 aliphatic carbocycles. The molecule has 8 heteroatoms. The Labute approximate surface area is 241 Å². The van der Waals surface area contributed by atoms with E-state index in [-0.39, 0.29) is 29.1 Å². The number of carbonyl (C=O) groups is 4. The molecule has 0 saturated carbocycles. The lowest BCUT2D eigenvalue weighted by Crippen LogP contribution is -2.71. The molecule has 3 aliphatic rings. The van der Waals surface area contributed by atoms with Gasteiger partial charge in [0.1, 0.15) is 28.6 Å². The van der Waals surface area contributed by atoms with Gasteiger partial charge in [0.2, 0.25) is 5.78 Å². The lowest BCUT2D eigenvalue weighted by molar-refractivity contribution is -0.194. The minimum Gasteiger partial charge on any atom is -0.511 e. The summed E-state index contributed by atoms with van der Waals surface area (Å²) in [6.07, 6.45) is 2.96. The van der Waals surface area contributed by atoms with Crippen molar-refractivity contribution in [1.82, 2.24) is 0 Å². The van der Waals surface area contributed by atoms with Crippen LogP contribution in [0.1, 0.15) is 102 Å². The highest BCUT2D eigenvalue weighted by Gasteiger charge is 2.76. The number of benzene rings is 1. The zero-order valence-corrected chi connectivity index (χ0v) is 25.0. The topological polar surface area (TPSA) is 149 Å². The Morgan fingerprint density at radius 1 is 1.02 bits per heavy atom. The highest BCUT2D eigenvalue weighted by atomic mass is 16.3. The van der Waals surface area contributed by atoms with Gasteiger partial charge < -0.3 is 25.2 Å². The van der Waals surface area contributed by atoms with Crippen LogP contribution in [-0.4, -0.2) is 49.2 Å². The molecule has 0 amide bonds. The third-order valence-electron chi connectivity index (χ3n) is 10.3. The van der Waals surface area contributed by atoms with Gasteiger partial charge in [-0.1, -0.05) is 66.0 Å². The second kappa shape index (κ2) is 10.2. The van der Waals surface area contributed by atoms with Gasteiger partial charge in [0.15, 0.2) is 17.2 Å². The van der Waals surface area contributed by atoms with Crippen LogP contribution in [0.25, 0.3) is 0 Å². The number of carbonyl (C=O) groups excluding carboxylic acids is 4. The van der Waals surface area contributed by atoms with Crippen molar-refractivity contribution < 1.29 is 39.6 Å². The molecular formula is C33H42O8. The first-order chi connectivity index (χ1) is 19.0. The average molecular weight is 567 g/mol. The molecule has 0 radical (unpaired) electrons. The van der Waals surface area contributed by atoms with Crippen molar-refractivity contribution in [2.75, 3.05) is 0 Å². The Morgan fingerprint density at radius 2 is 1.66 bits per heavy atom. The summed E-state index contributed by atoms with van der Waals surface area (Å²) in [4.78, 5) is 54.1. The molecule has 1 unspecified atom stereocenters. The Kier molecular flexibility index (Phi) is 7.66. The zero-order valence-electron chi connectivity index (χ0n) is 25.0. The first kappa shape index (κ1) is 30.7. The number of aliphatic hydroxyl groups excluding tert-OH is 2. The van der Waals surface area contributed by atoms with Crippen molar-refractivity contribution in [2.24, 2.45) is 28.6 Å². The molecule has 0 fully saturated rings. The molecule has 0 aromatic heterocycles. The van der Waals surface area contributed by atoms with E-state index in [1.807, 2.05) is 0 Å². The quantitative estimate of drug-likeness (QED) is 0.232. The number of phenols is 1. The van der Waals surface area contributed by atoms with Gasteiger partial charge >= 0.3 is 0 Å². The molecule has 0 spiro atoms. The van der Waals surface area contributed by atoms with Gasteiger partial charge in [-0.05, 0) is 49.7 Å². The molecule has 4 N–H and O–H groups in total. The Balaban J connectivity index is 2.22. The standard InChI is InChI=1S/C33H42O8/c1-8-9-10-13-20-19-12-11-14-21(36)24(19)28(38)26-30(40)33(41)29(39)23(18(5)35)27(37)25(16(2)3)32(33,7)22(15-17(4)34)31(20,26)6/h11-12,14,16,20,22,25,36-37,40-41H,8-10,13,15H2,1-7H3/t20-,22-,25?,31-,32-,33+/m1/s1. The SMILES string of the molecule is CCCCC[C@@H]1c2cccc(O)c2C(=O)C2=C(O)[C@@]3(O)C(=O)C(C(C)=O)=C(O)C(C(C)C)[C@@]3(C)[C@H](CC(C)=O)[C@]21C. The number of rotatable bonds is 8. The minimum atomic E-state index is -2.78. The number of ketones is 4. The van der Waals surface area contributed by atoms with Gasteiger partial charge in [-0.15, -0.1) is 0 Å². The number of allylic oxidation sites excluding steroid dienone is 2. The lowest BCUT2D eigenvalue weighted by Gasteiger charge is -2.65. The van der Waals surface area contributed by atoms with E-state index in [0.29, 0.717) is 12.0 Å². The Morgan fingerprint density at radius 3 is 2.20 bits per heavy atom. The molecule has 1 aromatic rings. The number of fused-ring (bicyclic) bond motifs is 3. The fourth-order valence-electron chi connectivity index (χ4n) is 8.70. The van der Waals surface area contributed by atoms with E-state index < -0.39 is 74.5 Å². The van der Waals surface area contributed by atoms with Crippen LogP contribution in [0.5, 0.6) is 5.75 Å². The molecule has 4 rings (SSSR count). The first-order valence-corrected chi connectivity index (χ1v) is 14.6. The predicted molar refractivity (Wildman–Crippen MR) is 153 cm³/mol. The molecule has 0 aliphatic heterocycles. The van der Waals surface area contributed by atoms with E-state index in [1.54, 1.807) is 39.8 Å². The summed E-state index contributed by atoms with van der Waals surface area (Å²) in [6.45, 7) is 11.5. The average Bonchev–Trinajstić information content (AvgIpc) is 2.86. The van der Waals surface area contributed by atoms with Crippen LogP contribution >= 0.6 is 0 Å². The van der Waals surface area contributed by atoms with Gasteiger partial charge in [-0.2, -0.15) is 0 Å². The number of phenolic OH excluding ortho intramolecular Hbond substituents is 1. The molecule has 0 heterocycles. The first-order valence-electron chi connectivity index (χ1n) is 14.6.